The highest BCUT2D eigenvalue weighted by Gasteiger charge is 2.24. The summed E-state index contributed by atoms with van der Waals surface area (Å²) in [5.74, 6) is -0.0617. The number of anilines is 1. The minimum atomic E-state index is -0.498. The van der Waals surface area contributed by atoms with Gasteiger partial charge in [0.05, 0.1) is 7.11 Å². The summed E-state index contributed by atoms with van der Waals surface area (Å²) in [4.78, 5) is 42.1. The molecule has 0 radical (unpaired) electrons. The van der Waals surface area contributed by atoms with Crippen LogP contribution in [0.3, 0.4) is 0 Å². The fourth-order valence-corrected chi connectivity index (χ4v) is 3.51. The normalized spacial score (nSPS) is 14.8. The Morgan fingerprint density at radius 3 is 2.61 bits per heavy atom. The highest BCUT2D eigenvalue weighted by molar-refractivity contribution is 9.10. The van der Waals surface area contributed by atoms with E-state index in [1.165, 1.54) is 7.11 Å². The molecule has 150 valence electrons. The average molecular weight is 472 g/mol. The van der Waals surface area contributed by atoms with Crippen molar-refractivity contribution in [2.45, 2.75) is 25.8 Å². The second-order valence-corrected chi connectivity index (χ2v) is 7.60. The lowest BCUT2D eigenvalue weighted by Crippen LogP contribution is -2.45. The minimum Gasteiger partial charge on any atom is -0.356 e. The Kier molecular flexibility index (Phi) is 6.53. The number of nitrogens with one attached hydrogen (secondary N) is 3. The zero-order valence-electron chi connectivity index (χ0n) is 15.4. The Labute approximate surface area is 175 Å². The molecule has 1 fully saturated rings. The van der Waals surface area contributed by atoms with Crippen LogP contribution in [0.1, 0.15) is 39.5 Å². The SMILES string of the molecule is CONC(=O)c1cc(N2CCC(NC(=O)c3cc(Br)c(C)[nH]3)CC2)nc(Cl)n1. The van der Waals surface area contributed by atoms with Crippen LogP contribution in [0.5, 0.6) is 0 Å². The van der Waals surface area contributed by atoms with Gasteiger partial charge in [0.25, 0.3) is 11.8 Å². The van der Waals surface area contributed by atoms with Crippen molar-refractivity contribution in [3.05, 3.63) is 39.0 Å². The van der Waals surface area contributed by atoms with Crippen LogP contribution in [0.25, 0.3) is 0 Å². The van der Waals surface area contributed by atoms with Crippen molar-refractivity contribution in [1.29, 1.82) is 0 Å². The Bertz CT molecular complexity index is 862. The fraction of sp³-hybridized carbons (Fsp3) is 0.412. The standard InChI is InChI=1S/C17H20BrClN6O3/c1-9-11(18)7-12(20-9)15(26)21-10-3-5-25(6-4-10)14-8-13(16(27)24-28-2)22-17(19)23-14/h7-8,10,20H,3-6H2,1-2H3,(H,21,26)(H,24,27). The lowest BCUT2D eigenvalue weighted by atomic mass is 10.0. The van der Waals surface area contributed by atoms with E-state index in [1.807, 2.05) is 11.8 Å². The Morgan fingerprint density at radius 1 is 1.29 bits per heavy atom. The van der Waals surface area contributed by atoms with Crippen LogP contribution in [0.15, 0.2) is 16.6 Å². The van der Waals surface area contributed by atoms with Gasteiger partial charge in [-0.1, -0.05) is 0 Å². The third kappa shape index (κ3) is 4.81. The second-order valence-electron chi connectivity index (χ2n) is 6.41. The molecule has 0 unspecified atom stereocenters. The van der Waals surface area contributed by atoms with Crippen LogP contribution in [-0.2, 0) is 4.84 Å². The molecule has 1 saturated heterocycles. The number of aromatic nitrogens is 3. The number of rotatable bonds is 5. The van der Waals surface area contributed by atoms with Gasteiger partial charge in [0, 0.05) is 35.4 Å². The quantitative estimate of drug-likeness (QED) is 0.455. The van der Waals surface area contributed by atoms with Gasteiger partial charge in [0.2, 0.25) is 5.28 Å². The van der Waals surface area contributed by atoms with Crippen molar-refractivity contribution in [3.8, 4) is 0 Å². The number of H-pyrrole nitrogens is 1. The van der Waals surface area contributed by atoms with Crippen molar-refractivity contribution >= 4 is 45.2 Å². The monoisotopic (exact) mass is 470 g/mol. The van der Waals surface area contributed by atoms with Crippen LogP contribution < -0.4 is 15.7 Å². The van der Waals surface area contributed by atoms with Gasteiger partial charge in [-0.2, -0.15) is 0 Å². The molecule has 0 bridgehead atoms. The first-order chi connectivity index (χ1) is 13.4. The number of hydrogen-bond acceptors (Lipinski definition) is 6. The smallest absolute Gasteiger partial charge is 0.293 e. The number of hydroxylamine groups is 1. The number of carbonyl (C=O) groups is 2. The molecular formula is C17H20BrClN6O3. The first kappa shape index (κ1) is 20.6. The van der Waals surface area contributed by atoms with Crippen LogP contribution in [0, 0.1) is 6.92 Å². The maximum Gasteiger partial charge on any atom is 0.293 e. The lowest BCUT2D eigenvalue weighted by molar-refractivity contribution is 0.0532. The third-order valence-electron chi connectivity index (χ3n) is 4.46. The third-order valence-corrected chi connectivity index (χ3v) is 5.46. The number of carbonyl (C=O) groups excluding carboxylic acids is 2. The van der Waals surface area contributed by atoms with Crippen molar-refractivity contribution in [1.82, 2.24) is 25.7 Å². The highest BCUT2D eigenvalue weighted by atomic mass is 79.9. The summed E-state index contributed by atoms with van der Waals surface area (Å²) in [5, 5.41) is 3.04. The molecule has 0 atom stereocenters. The number of amides is 2. The number of halogens is 2. The zero-order chi connectivity index (χ0) is 20.3. The summed E-state index contributed by atoms with van der Waals surface area (Å²) in [6, 6.07) is 3.40. The number of aromatic amines is 1. The molecule has 0 spiro atoms. The predicted octanol–water partition coefficient (Wildman–Crippen LogP) is 2.22. The molecule has 0 aliphatic carbocycles. The van der Waals surface area contributed by atoms with Crippen LogP contribution >= 0.6 is 27.5 Å². The lowest BCUT2D eigenvalue weighted by Gasteiger charge is -2.33. The van der Waals surface area contributed by atoms with Crippen molar-refractivity contribution in [2.75, 3.05) is 25.1 Å². The number of hydrogen-bond donors (Lipinski definition) is 3. The van der Waals surface area contributed by atoms with Crippen molar-refractivity contribution in [2.24, 2.45) is 0 Å². The summed E-state index contributed by atoms with van der Waals surface area (Å²) in [7, 11) is 1.34. The number of aryl methyl sites for hydroxylation is 1. The van der Waals surface area contributed by atoms with Crippen LogP contribution in [0.4, 0.5) is 5.82 Å². The minimum absolute atomic E-state index is 0.0122. The van der Waals surface area contributed by atoms with Crippen molar-refractivity contribution < 1.29 is 14.4 Å². The fourth-order valence-electron chi connectivity index (χ4n) is 3.00. The molecule has 2 aromatic rings. The van der Waals surface area contributed by atoms with E-state index in [4.69, 9.17) is 11.6 Å². The summed E-state index contributed by atoms with van der Waals surface area (Å²) in [6.45, 7) is 3.22. The van der Waals surface area contributed by atoms with Gasteiger partial charge in [0.15, 0.2) is 0 Å². The summed E-state index contributed by atoms with van der Waals surface area (Å²) >= 11 is 9.36. The average Bonchev–Trinajstić information content (AvgIpc) is 3.01. The zero-order valence-corrected chi connectivity index (χ0v) is 17.7. The number of piperidine rings is 1. The van der Waals surface area contributed by atoms with E-state index in [9.17, 15) is 9.59 Å². The molecule has 0 saturated carbocycles. The van der Waals surface area contributed by atoms with Crippen LogP contribution in [0.2, 0.25) is 5.28 Å². The first-order valence-corrected chi connectivity index (χ1v) is 9.83. The molecule has 3 heterocycles. The van der Waals surface area contributed by atoms with E-state index in [0.717, 1.165) is 23.0 Å². The summed E-state index contributed by atoms with van der Waals surface area (Å²) in [5.41, 5.74) is 3.78. The van der Waals surface area contributed by atoms with E-state index in [2.05, 4.69) is 46.5 Å². The van der Waals surface area contributed by atoms with Gasteiger partial charge in [-0.3, -0.25) is 14.4 Å². The van der Waals surface area contributed by atoms with Gasteiger partial charge in [0.1, 0.15) is 17.2 Å². The van der Waals surface area contributed by atoms with E-state index in [-0.39, 0.29) is 22.9 Å². The van der Waals surface area contributed by atoms with E-state index >= 15 is 0 Å². The Hall–Kier alpha value is -2.17. The van der Waals surface area contributed by atoms with Gasteiger partial charge in [-0.15, -0.1) is 0 Å². The molecule has 1 aliphatic rings. The topological polar surface area (TPSA) is 112 Å². The summed E-state index contributed by atoms with van der Waals surface area (Å²) in [6.07, 6.45) is 1.49. The maximum absolute atomic E-state index is 12.4. The largest absolute Gasteiger partial charge is 0.356 e. The predicted molar refractivity (Wildman–Crippen MR) is 107 cm³/mol. The molecule has 0 aromatic carbocycles. The van der Waals surface area contributed by atoms with Gasteiger partial charge >= 0.3 is 0 Å². The summed E-state index contributed by atoms with van der Waals surface area (Å²) < 4.78 is 0.876. The van der Waals surface area contributed by atoms with E-state index in [0.29, 0.717) is 24.6 Å². The van der Waals surface area contributed by atoms with Gasteiger partial charge in [-0.05, 0) is 53.4 Å². The van der Waals surface area contributed by atoms with E-state index < -0.39 is 5.91 Å². The van der Waals surface area contributed by atoms with Gasteiger partial charge in [-0.25, -0.2) is 15.4 Å². The molecule has 3 rings (SSSR count). The van der Waals surface area contributed by atoms with Crippen molar-refractivity contribution in [3.63, 3.8) is 0 Å². The van der Waals surface area contributed by atoms with E-state index in [1.54, 1.807) is 12.1 Å². The highest BCUT2D eigenvalue weighted by Crippen LogP contribution is 2.21. The second kappa shape index (κ2) is 8.89. The molecule has 9 nitrogen and oxygen atoms in total. The van der Waals surface area contributed by atoms with Gasteiger partial charge < -0.3 is 15.2 Å². The molecule has 2 amide bonds. The molecular weight excluding hydrogens is 452 g/mol. The Balaban J connectivity index is 1.60. The molecule has 3 N–H and O–H groups in total. The molecule has 11 heteroatoms. The molecule has 28 heavy (non-hydrogen) atoms. The maximum atomic E-state index is 12.4. The van der Waals surface area contributed by atoms with Crippen LogP contribution in [-0.4, -0.2) is 53.0 Å². The Morgan fingerprint density at radius 2 is 2.00 bits per heavy atom. The molecule has 1 aliphatic heterocycles. The number of nitrogens with zero attached hydrogens (tertiary/aromatic N) is 3. The first-order valence-electron chi connectivity index (χ1n) is 8.66. The molecule has 2 aromatic heterocycles.